The maximum absolute atomic E-state index is 13.1. The fourth-order valence-corrected chi connectivity index (χ4v) is 4.64. The number of carbonyl (C=O) groups is 1. The maximum Gasteiger partial charge on any atom is 0.322 e. The lowest BCUT2D eigenvalue weighted by molar-refractivity contribution is -0.134. The second-order valence-electron chi connectivity index (χ2n) is 6.98. The van der Waals surface area contributed by atoms with Gasteiger partial charge in [-0.25, -0.2) is 8.42 Å². The molecule has 0 aliphatic rings. The van der Waals surface area contributed by atoms with Crippen molar-refractivity contribution in [2.45, 2.75) is 18.6 Å². The van der Waals surface area contributed by atoms with E-state index >= 15 is 0 Å². The monoisotopic (exact) mass is 467 g/mol. The molecule has 1 unspecified atom stereocenters. The van der Waals surface area contributed by atoms with Gasteiger partial charge in [0.2, 0.25) is 0 Å². The zero-order chi connectivity index (χ0) is 23.9. The second kappa shape index (κ2) is 10.9. The summed E-state index contributed by atoms with van der Waals surface area (Å²) in [6, 6.07) is 8.22. The molecule has 176 valence electrons. The van der Waals surface area contributed by atoms with Crippen molar-refractivity contribution in [2.24, 2.45) is 0 Å². The normalized spacial score (nSPS) is 12.0. The Hall–Kier alpha value is -3.14. The van der Waals surface area contributed by atoms with E-state index in [0.29, 0.717) is 39.8 Å². The molecule has 2 aromatic rings. The van der Waals surface area contributed by atoms with Crippen molar-refractivity contribution in [2.75, 3.05) is 46.1 Å². The van der Waals surface area contributed by atoms with Gasteiger partial charge in [0.05, 0.1) is 45.1 Å². The molecule has 0 aliphatic carbocycles. The number of methoxy groups -OCH3 is 4. The molecule has 0 aliphatic heterocycles. The van der Waals surface area contributed by atoms with E-state index in [-0.39, 0.29) is 18.7 Å². The van der Waals surface area contributed by atoms with Crippen LogP contribution in [0.15, 0.2) is 30.3 Å². The van der Waals surface area contributed by atoms with Crippen LogP contribution in [-0.4, -0.2) is 60.2 Å². The molecule has 2 aromatic carbocycles. The Balaban J connectivity index is 2.28. The van der Waals surface area contributed by atoms with Gasteiger partial charge in [0.25, 0.3) is 0 Å². The highest BCUT2D eigenvalue weighted by atomic mass is 32.2. The first-order chi connectivity index (χ1) is 15.2. The van der Waals surface area contributed by atoms with Gasteiger partial charge in [-0.1, -0.05) is 6.07 Å². The maximum atomic E-state index is 13.1. The number of ether oxygens (including phenoxy) is 4. The van der Waals surface area contributed by atoms with Gasteiger partial charge in [-0.2, -0.15) is 0 Å². The Morgan fingerprint density at radius 2 is 1.56 bits per heavy atom. The predicted molar refractivity (Wildman–Crippen MR) is 121 cm³/mol. The van der Waals surface area contributed by atoms with Crippen LogP contribution >= 0.6 is 0 Å². The molecule has 9 nitrogen and oxygen atoms in total. The fourth-order valence-electron chi connectivity index (χ4n) is 3.24. The van der Waals surface area contributed by atoms with Crippen LogP contribution in [-0.2, 0) is 21.1 Å². The summed E-state index contributed by atoms with van der Waals surface area (Å²) in [6.07, 6.45) is 0.184. The summed E-state index contributed by atoms with van der Waals surface area (Å²) in [5.41, 5.74) is 1.56. The summed E-state index contributed by atoms with van der Waals surface area (Å²) in [5.74, 6) is 0.741. The average Bonchev–Trinajstić information content (AvgIpc) is 2.79. The van der Waals surface area contributed by atoms with Crippen molar-refractivity contribution in [3.05, 3.63) is 41.5 Å². The summed E-state index contributed by atoms with van der Waals surface area (Å²) in [6.45, 7) is 1.28. The van der Waals surface area contributed by atoms with Crippen LogP contribution in [0, 0.1) is 0 Å². The summed E-state index contributed by atoms with van der Waals surface area (Å²) in [7, 11) is 2.40. The van der Waals surface area contributed by atoms with Gasteiger partial charge in [-0.05, 0) is 31.0 Å². The van der Waals surface area contributed by atoms with E-state index in [1.165, 1.54) is 28.4 Å². The molecular weight excluding hydrogens is 438 g/mol. The summed E-state index contributed by atoms with van der Waals surface area (Å²) in [4.78, 5) is 10.9. The van der Waals surface area contributed by atoms with Crippen molar-refractivity contribution < 1.29 is 37.3 Å². The van der Waals surface area contributed by atoms with Gasteiger partial charge in [-0.3, -0.25) is 4.79 Å². The lowest BCUT2D eigenvalue weighted by atomic mass is 10.1. The molecule has 0 heterocycles. The molecule has 0 saturated carbocycles. The van der Waals surface area contributed by atoms with Crippen molar-refractivity contribution in [3.63, 3.8) is 0 Å². The number of anilines is 1. The van der Waals surface area contributed by atoms with E-state index in [9.17, 15) is 13.2 Å². The summed E-state index contributed by atoms with van der Waals surface area (Å²) >= 11 is 0. The zero-order valence-corrected chi connectivity index (χ0v) is 19.6. The molecule has 0 radical (unpaired) electrons. The molecule has 10 heteroatoms. The van der Waals surface area contributed by atoms with Gasteiger partial charge < -0.3 is 29.4 Å². The van der Waals surface area contributed by atoms with E-state index in [1.54, 1.807) is 37.3 Å². The fraction of sp³-hybridized carbons (Fsp3) is 0.409. The Bertz CT molecular complexity index is 1030. The minimum absolute atomic E-state index is 0.142. The molecular formula is C22H29NO8S. The SMILES string of the molecule is COc1cc(OC)c(CCS(=O)(=O)C(C)c2ccc(OC)c(NCC(=O)O)c2)c(OC)c1. The van der Waals surface area contributed by atoms with E-state index in [4.69, 9.17) is 24.1 Å². The molecule has 0 saturated heterocycles. The lowest BCUT2D eigenvalue weighted by Gasteiger charge is -2.18. The topological polar surface area (TPSA) is 120 Å². The number of benzene rings is 2. The van der Waals surface area contributed by atoms with Gasteiger partial charge >= 0.3 is 5.97 Å². The molecule has 0 amide bonds. The summed E-state index contributed by atoms with van der Waals surface area (Å²) < 4.78 is 47.5. The van der Waals surface area contributed by atoms with E-state index in [1.807, 2.05) is 0 Å². The highest BCUT2D eigenvalue weighted by Gasteiger charge is 2.25. The average molecular weight is 468 g/mol. The Labute approximate surface area is 188 Å². The molecule has 0 fully saturated rings. The van der Waals surface area contributed by atoms with E-state index in [2.05, 4.69) is 5.32 Å². The number of nitrogens with one attached hydrogen (secondary N) is 1. The first-order valence-electron chi connectivity index (χ1n) is 9.80. The number of rotatable bonds is 12. The van der Waals surface area contributed by atoms with Crippen LogP contribution in [0.3, 0.4) is 0 Å². The Morgan fingerprint density at radius 1 is 0.969 bits per heavy atom. The van der Waals surface area contributed by atoms with Gasteiger partial charge in [-0.15, -0.1) is 0 Å². The third-order valence-corrected chi connectivity index (χ3v) is 7.24. The van der Waals surface area contributed by atoms with Crippen molar-refractivity contribution in [3.8, 4) is 23.0 Å². The van der Waals surface area contributed by atoms with E-state index in [0.717, 1.165) is 0 Å². The van der Waals surface area contributed by atoms with Crippen LogP contribution in [0.4, 0.5) is 5.69 Å². The van der Waals surface area contributed by atoms with Crippen LogP contribution < -0.4 is 24.3 Å². The predicted octanol–water partition coefficient (Wildman–Crippen LogP) is 2.94. The molecule has 32 heavy (non-hydrogen) atoms. The quantitative estimate of drug-likeness (QED) is 0.485. The third-order valence-electron chi connectivity index (χ3n) is 5.12. The Morgan fingerprint density at radius 3 is 2.06 bits per heavy atom. The van der Waals surface area contributed by atoms with Crippen LogP contribution in [0.25, 0.3) is 0 Å². The standard InChI is InChI=1S/C22H29NO8S/c1-14(15-6-7-19(29-3)18(10-15)23-13-22(24)25)32(26,27)9-8-17-20(30-4)11-16(28-2)12-21(17)31-5/h6-7,10-12,14,23H,8-9,13H2,1-5H3,(H,24,25). The van der Waals surface area contributed by atoms with Crippen LogP contribution in [0.1, 0.15) is 23.3 Å². The molecule has 0 aromatic heterocycles. The highest BCUT2D eigenvalue weighted by Crippen LogP contribution is 2.36. The van der Waals surface area contributed by atoms with Crippen LogP contribution in [0.5, 0.6) is 23.0 Å². The summed E-state index contributed by atoms with van der Waals surface area (Å²) in [5, 5.41) is 10.8. The number of carboxylic acids is 1. The van der Waals surface area contributed by atoms with Gasteiger partial charge in [0.15, 0.2) is 9.84 Å². The molecule has 2 N–H and O–H groups in total. The highest BCUT2D eigenvalue weighted by molar-refractivity contribution is 7.91. The number of aliphatic carboxylic acids is 1. The number of hydrogen-bond acceptors (Lipinski definition) is 8. The Kier molecular flexibility index (Phi) is 8.59. The molecule has 0 bridgehead atoms. The molecule has 2 rings (SSSR count). The lowest BCUT2D eigenvalue weighted by Crippen LogP contribution is -2.17. The van der Waals surface area contributed by atoms with Crippen molar-refractivity contribution in [1.82, 2.24) is 0 Å². The third kappa shape index (κ3) is 5.97. The van der Waals surface area contributed by atoms with Crippen molar-refractivity contribution in [1.29, 1.82) is 0 Å². The number of carboxylic acid groups (broad SMARTS) is 1. The van der Waals surface area contributed by atoms with E-state index < -0.39 is 21.1 Å². The molecule has 0 spiro atoms. The zero-order valence-electron chi connectivity index (χ0n) is 18.8. The minimum atomic E-state index is -3.57. The number of hydrogen-bond donors (Lipinski definition) is 2. The van der Waals surface area contributed by atoms with Crippen LogP contribution in [0.2, 0.25) is 0 Å². The largest absolute Gasteiger partial charge is 0.496 e. The van der Waals surface area contributed by atoms with Crippen molar-refractivity contribution >= 4 is 21.5 Å². The smallest absolute Gasteiger partial charge is 0.322 e. The first kappa shape index (κ1) is 25.1. The first-order valence-corrected chi connectivity index (χ1v) is 11.5. The second-order valence-corrected chi connectivity index (χ2v) is 9.42. The number of sulfone groups is 1. The minimum Gasteiger partial charge on any atom is -0.496 e. The molecule has 1 atom stereocenters. The van der Waals surface area contributed by atoms with Gasteiger partial charge in [0.1, 0.15) is 29.5 Å². The van der Waals surface area contributed by atoms with Gasteiger partial charge in [0, 0.05) is 17.7 Å².